The number of aryl methyl sites for hydroxylation is 1. The maximum Gasteiger partial charge on any atom is 0.123 e. The Balaban J connectivity index is 2.46. The first-order chi connectivity index (χ1) is 12.4. The maximum atomic E-state index is 10.6. The zero-order valence-corrected chi connectivity index (χ0v) is 15.0. The Morgan fingerprint density at radius 1 is 1.21 bits per heavy atom. The second-order valence-corrected chi connectivity index (χ2v) is 7.52. The molecule has 1 aromatic rings. The highest BCUT2D eigenvalue weighted by atomic mass is 16.3. The highest BCUT2D eigenvalue weighted by Gasteiger charge is 2.38. The molecule has 2 rings (SSSR count). The molecule has 0 saturated carbocycles. The summed E-state index contributed by atoms with van der Waals surface area (Å²) in [6.45, 7) is 3.28. The van der Waals surface area contributed by atoms with Crippen LogP contribution in [0.25, 0.3) is 0 Å². The Morgan fingerprint density at radius 2 is 1.88 bits per heavy atom. The molecule has 0 heterocycles. The largest absolute Gasteiger partial charge is 0.507 e. The SMILES string of the molecule is [2H]C([2H])([2H])C1=C[C@@H](c2c(O)cc(CCCCC)cc2O)[C@H](C(C)(C)O)CC1. The van der Waals surface area contributed by atoms with Crippen molar-refractivity contribution in [3.8, 4) is 11.5 Å². The van der Waals surface area contributed by atoms with Gasteiger partial charge in [0.15, 0.2) is 0 Å². The van der Waals surface area contributed by atoms with Crippen LogP contribution in [0.4, 0.5) is 0 Å². The van der Waals surface area contributed by atoms with Crippen LogP contribution in [0.1, 0.15) is 80.9 Å². The van der Waals surface area contributed by atoms with E-state index in [1.165, 1.54) is 0 Å². The minimum Gasteiger partial charge on any atom is -0.507 e. The number of unbranched alkanes of at least 4 members (excludes halogenated alkanes) is 2. The summed E-state index contributed by atoms with van der Waals surface area (Å²) in [5, 5.41) is 31.9. The second kappa shape index (κ2) is 7.60. The topological polar surface area (TPSA) is 60.7 Å². The molecule has 1 aliphatic carbocycles. The summed E-state index contributed by atoms with van der Waals surface area (Å²) in [7, 11) is 0. The van der Waals surface area contributed by atoms with E-state index in [0.717, 1.165) is 31.2 Å². The third-order valence-electron chi connectivity index (χ3n) is 5.04. The molecule has 3 nitrogen and oxygen atoms in total. The van der Waals surface area contributed by atoms with E-state index in [-0.39, 0.29) is 17.4 Å². The van der Waals surface area contributed by atoms with Crippen LogP contribution in [-0.4, -0.2) is 20.9 Å². The predicted octanol–water partition coefficient (Wildman–Crippen LogP) is 5.04. The van der Waals surface area contributed by atoms with E-state index in [0.29, 0.717) is 24.0 Å². The molecule has 3 N–H and O–H groups in total. The van der Waals surface area contributed by atoms with Crippen molar-refractivity contribution in [3.63, 3.8) is 0 Å². The number of phenolic OH excluding ortho intramolecular Hbond substituents is 2. The van der Waals surface area contributed by atoms with Gasteiger partial charge in [0.05, 0.1) is 5.60 Å². The van der Waals surface area contributed by atoms with Crippen LogP contribution in [0, 0.1) is 5.92 Å². The van der Waals surface area contributed by atoms with Crippen LogP contribution in [0.3, 0.4) is 0 Å². The molecule has 24 heavy (non-hydrogen) atoms. The first kappa shape index (κ1) is 14.8. The minimum absolute atomic E-state index is 0.0382. The van der Waals surface area contributed by atoms with Crippen molar-refractivity contribution >= 4 is 0 Å². The quantitative estimate of drug-likeness (QED) is 0.504. The zero-order valence-electron chi connectivity index (χ0n) is 18.0. The fourth-order valence-electron chi connectivity index (χ4n) is 3.73. The zero-order chi connectivity index (χ0) is 20.4. The molecule has 3 heteroatoms. The number of hydrogen-bond acceptors (Lipinski definition) is 3. The van der Waals surface area contributed by atoms with Crippen LogP contribution in [0.2, 0.25) is 0 Å². The Labute approximate surface area is 150 Å². The number of benzene rings is 1. The van der Waals surface area contributed by atoms with Crippen molar-refractivity contribution in [2.75, 3.05) is 0 Å². The molecule has 0 fully saturated rings. The van der Waals surface area contributed by atoms with Crippen molar-refractivity contribution in [1.29, 1.82) is 0 Å². The smallest absolute Gasteiger partial charge is 0.123 e. The van der Waals surface area contributed by atoms with Crippen LogP contribution in [0.5, 0.6) is 11.5 Å². The molecule has 0 bridgehead atoms. The molecule has 0 spiro atoms. The van der Waals surface area contributed by atoms with Crippen molar-refractivity contribution in [1.82, 2.24) is 0 Å². The number of rotatable bonds is 6. The van der Waals surface area contributed by atoms with Gasteiger partial charge in [0.2, 0.25) is 0 Å². The normalized spacial score (nSPS) is 24.0. The van der Waals surface area contributed by atoms with Crippen LogP contribution < -0.4 is 0 Å². The van der Waals surface area contributed by atoms with Crippen LogP contribution in [0.15, 0.2) is 23.8 Å². The molecule has 0 aliphatic heterocycles. The fourth-order valence-corrected chi connectivity index (χ4v) is 3.73. The standard InChI is InChI=1S/C21H32O3/c1-5-6-7-8-15-12-18(22)20(19(23)13-15)16-11-14(2)9-10-17(16)21(3,4)24/h11-13,16-17,22-24H,5-10H2,1-4H3/t16-,17-/m1/s1/i2D3. The summed E-state index contributed by atoms with van der Waals surface area (Å²) in [5.41, 5.74) is 0.416. The summed E-state index contributed by atoms with van der Waals surface area (Å²) in [6, 6.07) is 3.31. The van der Waals surface area contributed by atoms with E-state index >= 15 is 0 Å². The molecule has 0 amide bonds. The third-order valence-corrected chi connectivity index (χ3v) is 5.04. The second-order valence-electron chi connectivity index (χ2n) is 7.52. The van der Waals surface area contributed by atoms with Crippen molar-refractivity contribution in [3.05, 3.63) is 34.9 Å². The lowest BCUT2D eigenvalue weighted by Gasteiger charge is -2.38. The number of phenols is 2. The summed E-state index contributed by atoms with van der Waals surface area (Å²) in [5.74, 6) is -0.933. The molecule has 0 radical (unpaired) electrons. The molecule has 1 aliphatic rings. The monoisotopic (exact) mass is 335 g/mol. The molecule has 134 valence electrons. The van der Waals surface area contributed by atoms with Gasteiger partial charge in [0, 0.05) is 15.6 Å². The van der Waals surface area contributed by atoms with Gasteiger partial charge >= 0.3 is 0 Å². The Morgan fingerprint density at radius 3 is 2.42 bits per heavy atom. The maximum absolute atomic E-state index is 10.6. The summed E-state index contributed by atoms with van der Waals surface area (Å²) in [4.78, 5) is 0. The fraction of sp³-hybridized carbons (Fsp3) is 0.619. The molecule has 0 aromatic heterocycles. The van der Waals surface area contributed by atoms with Crippen LogP contribution >= 0.6 is 0 Å². The van der Waals surface area contributed by atoms with E-state index in [2.05, 4.69) is 6.92 Å². The summed E-state index contributed by atoms with van der Waals surface area (Å²) in [6.07, 6.45) is 6.39. The van der Waals surface area contributed by atoms with E-state index < -0.39 is 18.4 Å². The minimum atomic E-state index is -2.21. The van der Waals surface area contributed by atoms with E-state index in [9.17, 15) is 15.3 Å². The average molecular weight is 336 g/mol. The van der Waals surface area contributed by atoms with E-state index in [4.69, 9.17) is 4.11 Å². The van der Waals surface area contributed by atoms with Crippen molar-refractivity contribution in [2.45, 2.75) is 77.7 Å². The van der Waals surface area contributed by atoms with E-state index in [1.54, 1.807) is 32.1 Å². The lowest BCUT2D eigenvalue weighted by Crippen LogP contribution is -2.36. The number of hydrogen-bond donors (Lipinski definition) is 3. The van der Waals surface area contributed by atoms with Gasteiger partial charge in [-0.05, 0) is 70.0 Å². The molecule has 0 unspecified atom stereocenters. The Hall–Kier alpha value is -1.48. The molecule has 2 atom stereocenters. The Bertz CT molecular complexity index is 664. The van der Waals surface area contributed by atoms with Gasteiger partial charge in [-0.3, -0.25) is 0 Å². The first-order valence-electron chi connectivity index (χ1n) is 10.4. The lowest BCUT2D eigenvalue weighted by atomic mass is 9.69. The number of aromatic hydroxyl groups is 2. The molecule has 1 aromatic carbocycles. The third kappa shape index (κ3) is 4.32. The van der Waals surface area contributed by atoms with Gasteiger partial charge in [0.25, 0.3) is 0 Å². The molecular formula is C21H32O3. The van der Waals surface area contributed by atoms with E-state index in [1.807, 2.05) is 0 Å². The molecular weight excluding hydrogens is 300 g/mol. The first-order valence-corrected chi connectivity index (χ1v) is 8.93. The highest BCUT2D eigenvalue weighted by molar-refractivity contribution is 5.51. The van der Waals surface area contributed by atoms with Crippen molar-refractivity contribution < 1.29 is 19.4 Å². The van der Waals surface area contributed by atoms with Crippen molar-refractivity contribution in [2.24, 2.45) is 5.92 Å². The molecule has 0 saturated heterocycles. The number of aliphatic hydroxyl groups is 1. The van der Waals surface area contributed by atoms with Gasteiger partial charge in [-0.15, -0.1) is 0 Å². The predicted molar refractivity (Wildman–Crippen MR) is 98.5 cm³/mol. The van der Waals surface area contributed by atoms with Gasteiger partial charge in [-0.25, -0.2) is 0 Å². The van der Waals surface area contributed by atoms with Crippen LogP contribution in [-0.2, 0) is 6.42 Å². The average Bonchev–Trinajstić information content (AvgIpc) is 2.52. The lowest BCUT2D eigenvalue weighted by molar-refractivity contribution is 0.00421. The van der Waals surface area contributed by atoms with Gasteiger partial charge in [0.1, 0.15) is 11.5 Å². The van der Waals surface area contributed by atoms with Gasteiger partial charge < -0.3 is 15.3 Å². The number of allylic oxidation sites excluding steroid dienone is 2. The summed E-state index contributed by atoms with van der Waals surface area (Å²) >= 11 is 0. The Kier molecular flexibility index (Phi) is 4.70. The highest BCUT2D eigenvalue weighted by Crippen LogP contribution is 2.47. The van der Waals surface area contributed by atoms with Gasteiger partial charge in [-0.2, -0.15) is 0 Å². The van der Waals surface area contributed by atoms with Gasteiger partial charge in [-0.1, -0.05) is 31.4 Å². The summed E-state index contributed by atoms with van der Waals surface area (Å²) < 4.78 is 23.1.